The third kappa shape index (κ3) is 5.66. The highest BCUT2D eigenvalue weighted by atomic mass is 35.5. The third-order valence-corrected chi connectivity index (χ3v) is 3.32. The Balaban J connectivity index is 1.74. The molecule has 4 heteroatoms. The number of ether oxygens (including phenoxy) is 2. The zero-order valence-corrected chi connectivity index (χ0v) is 12.9. The zero-order valence-electron chi connectivity index (χ0n) is 12.1. The summed E-state index contributed by atoms with van der Waals surface area (Å²) in [7, 11) is 1.66. The van der Waals surface area contributed by atoms with Crippen LogP contribution in [0.3, 0.4) is 0 Å². The number of halogens is 1. The molecule has 0 saturated heterocycles. The number of rotatable bonds is 8. The van der Waals surface area contributed by atoms with E-state index >= 15 is 0 Å². The Kier molecular flexibility index (Phi) is 6.38. The Hall–Kier alpha value is -1.71. The van der Waals surface area contributed by atoms with Crippen LogP contribution in [0.25, 0.3) is 0 Å². The van der Waals surface area contributed by atoms with Gasteiger partial charge in [-0.3, -0.25) is 0 Å². The van der Waals surface area contributed by atoms with Crippen LogP contribution in [0.2, 0.25) is 5.02 Å². The van der Waals surface area contributed by atoms with Gasteiger partial charge in [-0.15, -0.1) is 0 Å². The molecule has 0 bridgehead atoms. The van der Waals surface area contributed by atoms with Gasteiger partial charge in [0.1, 0.15) is 12.4 Å². The van der Waals surface area contributed by atoms with Crippen molar-refractivity contribution in [1.82, 2.24) is 0 Å². The maximum absolute atomic E-state index is 5.87. The van der Waals surface area contributed by atoms with Gasteiger partial charge in [0, 0.05) is 24.4 Å². The normalized spacial score (nSPS) is 10.4. The van der Waals surface area contributed by atoms with Crippen LogP contribution in [0, 0.1) is 0 Å². The van der Waals surface area contributed by atoms with Crippen LogP contribution in [0.15, 0.2) is 48.5 Å². The molecule has 1 N–H and O–H groups in total. The lowest BCUT2D eigenvalue weighted by atomic mass is 10.1. The van der Waals surface area contributed by atoms with E-state index in [4.69, 9.17) is 21.1 Å². The van der Waals surface area contributed by atoms with Crippen molar-refractivity contribution in [2.24, 2.45) is 0 Å². The van der Waals surface area contributed by atoms with Gasteiger partial charge in [-0.25, -0.2) is 0 Å². The zero-order chi connectivity index (χ0) is 14.9. The number of methoxy groups -OCH3 is 1. The molecule has 0 atom stereocenters. The lowest BCUT2D eigenvalue weighted by molar-refractivity contribution is 0.146. The van der Waals surface area contributed by atoms with Gasteiger partial charge in [0.15, 0.2) is 0 Å². The van der Waals surface area contributed by atoms with Crippen molar-refractivity contribution < 1.29 is 9.47 Å². The van der Waals surface area contributed by atoms with Gasteiger partial charge in [-0.05, 0) is 48.4 Å². The molecule has 0 aliphatic rings. The van der Waals surface area contributed by atoms with E-state index in [1.165, 1.54) is 5.56 Å². The van der Waals surface area contributed by atoms with Crippen LogP contribution >= 0.6 is 11.6 Å². The van der Waals surface area contributed by atoms with Crippen molar-refractivity contribution in [3.63, 3.8) is 0 Å². The molecule has 0 unspecified atom stereocenters. The highest BCUT2D eigenvalue weighted by molar-refractivity contribution is 6.30. The molecule has 0 heterocycles. The van der Waals surface area contributed by atoms with Crippen molar-refractivity contribution in [1.29, 1.82) is 0 Å². The van der Waals surface area contributed by atoms with E-state index in [9.17, 15) is 0 Å². The fourth-order valence-electron chi connectivity index (χ4n) is 1.91. The summed E-state index contributed by atoms with van der Waals surface area (Å²) in [5, 5.41) is 4.16. The fourth-order valence-corrected chi connectivity index (χ4v) is 2.04. The molecular weight excluding hydrogens is 286 g/mol. The average molecular weight is 306 g/mol. The van der Waals surface area contributed by atoms with Crippen molar-refractivity contribution in [2.75, 3.05) is 32.2 Å². The molecule has 0 saturated carbocycles. The first kappa shape index (κ1) is 15.7. The minimum Gasteiger partial charge on any atom is -0.491 e. The van der Waals surface area contributed by atoms with Crippen molar-refractivity contribution >= 4 is 17.3 Å². The maximum Gasteiger partial charge on any atom is 0.119 e. The van der Waals surface area contributed by atoms with Crippen LogP contribution in [0.4, 0.5) is 5.69 Å². The molecule has 2 aromatic rings. The van der Waals surface area contributed by atoms with Gasteiger partial charge < -0.3 is 14.8 Å². The molecule has 0 radical (unpaired) electrons. The fraction of sp³-hybridized carbons (Fsp3) is 0.294. The first-order chi connectivity index (χ1) is 10.3. The van der Waals surface area contributed by atoms with Crippen molar-refractivity contribution in [2.45, 2.75) is 6.42 Å². The van der Waals surface area contributed by atoms with Crippen LogP contribution < -0.4 is 10.1 Å². The summed E-state index contributed by atoms with van der Waals surface area (Å²) < 4.78 is 10.5. The second kappa shape index (κ2) is 8.55. The lowest BCUT2D eigenvalue weighted by Crippen LogP contribution is -2.06. The number of hydrogen-bond acceptors (Lipinski definition) is 3. The van der Waals surface area contributed by atoms with Crippen molar-refractivity contribution in [3.8, 4) is 5.75 Å². The number of hydrogen-bond donors (Lipinski definition) is 1. The van der Waals surface area contributed by atoms with E-state index in [-0.39, 0.29) is 0 Å². The Morgan fingerprint density at radius 1 is 0.952 bits per heavy atom. The second-order valence-corrected chi connectivity index (χ2v) is 5.11. The van der Waals surface area contributed by atoms with Crippen LogP contribution in [-0.4, -0.2) is 26.9 Å². The lowest BCUT2D eigenvalue weighted by Gasteiger charge is -2.09. The van der Waals surface area contributed by atoms with Crippen molar-refractivity contribution in [3.05, 3.63) is 59.1 Å². The minimum absolute atomic E-state index is 0.569. The summed E-state index contributed by atoms with van der Waals surface area (Å²) in [5.74, 6) is 0.857. The van der Waals surface area contributed by atoms with Gasteiger partial charge >= 0.3 is 0 Å². The Bertz CT molecular complexity index is 525. The SMILES string of the molecule is COCCOc1ccc(NCCc2ccc(Cl)cc2)cc1. The molecule has 21 heavy (non-hydrogen) atoms. The van der Waals surface area contributed by atoms with Gasteiger partial charge in [0.25, 0.3) is 0 Å². The van der Waals surface area contributed by atoms with E-state index in [0.29, 0.717) is 13.2 Å². The average Bonchev–Trinajstić information content (AvgIpc) is 2.51. The topological polar surface area (TPSA) is 30.5 Å². The molecule has 2 rings (SSSR count). The quantitative estimate of drug-likeness (QED) is 0.747. The Labute approximate surface area is 130 Å². The van der Waals surface area contributed by atoms with E-state index < -0.39 is 0 Å². The van der Waals surface area contributed by atoms with Gasteiger partial charge in [0.05, 0.1) is 6.61 Å². The summed E-state index contributed by atoms with van der Waals surface area (Å²) in [6.45, 7) is 2.05. The third-order valence-electron chi connectivity index (χ3n) is 3.07. The molecule has 0 aliphatic heterocycles. The molecule has 112 valence electrons. The highest BCUT2D eigenvalue weighted by Crippen LogP contribution is 2.16. The smallest absolute Gasteiger partial charge is 0.119 e. The predicted octanol–water partition coefficient (Wildman–Crippen LogP) is 4.02. The second-order valence-electron chi connectivity index (χ2n) is 4.67. The van der Waals surface area contributed by atoms with E-state index in [2.05, 4.69) is 17.4 Å². The molecule has 3 nitrogen and oxygen atoms in total. The van der Waals surface area contributed by atoms with Gasteiger partial charge in [-0.1, -0.05) is 23.7 Å². The first-order valence-corrected chi connectivity index (χ1v) is 7.36. The Morgan fingerprint density at radius 3 is 2.33 bits per heavy atom. The van der Waals surface area contributed by atoms with Crippen LogP contribution in [0.1, 0.15) is 5.56 Å². The number of benzene rings is 2. The molecule has 0 fully saturated rings. The van der Waals surface area contributed by atoms with Gasteiger partial charge in [0.2, 0.25) is 0 Å². The largest absolute Gasteiger partial charge is 0.491 e. The summed E-state index contributed by atoms with van der Waals surface area (Å²) in [6, 6.07) is 15.9. The standard InChI is InChI=1S/C17H20ClNO2/c1-20-12-13-21-17-8-6-16(7-9-17)19-11-10-14-2-4-15(18)5-3-14/h2-9,19H,10-13H2,1H3. The summed E-state index contributed by atoms with van der Waals surface area (Å²) >= 11 is 5.87. The Morgan fingerprint density at radius 2 is 1.67 bits per heavy atom. The minimum atomic E-state index is 0.569. The number of nitrogens with one attached hydrogen (secondary N) is 1. The molecular formula is C17H20ClNO2. The molecule has 2 aromatic carbocycles. The molecule has 0 spiro atoms. The van der Waals surface area contributed by atoms with Crippen LogP contribution in [-0.2, 0) is 11.2 Å². The van der Waals surface area contributed by atoms with E-state index in [1.807, 2.05) is 36.4 Å². The molecule has 0 amide bonds. The highest BCUT2D eigenvalue weighted by Gasteiger charge is 1.97. The summed E-state index contributed by atoms with van der Waals surface area (Å²) in [5.41, 5.74) is 2.36. The maximum atomic E-state index is 5.87. The van der Waals surface area contributed by atoms with E-state index in [1.54, 1.807) is 7.11 Å². The predicted molar refractivity (Wildman–Crippen MR) is 87.5 cm³/mol. The van der Waals surface area contributed by atoms with Gasteiger partial charge in [-0.2, -0.15) is 0 Å². The summed E-state index contributed by atoms with van der Waals surface area (Å²) in [6.07, 6.45) is 0.962. The summed E-state index contributed by atoms with van der Waals surface area (Å²) in [4.78, 5) is 0. The molecule has 0 aliphatic carbocycles. The van der Waals surface area contributed by atoms with Crippen LogP contribution in [0.5, 0.6) is 5.75 Å². The number of anilines is 1. The monoisotopic (exact) mass is 305 g/mol. The van der Waals surface area contributed by atoms with E-state index in [0.717, 1.165) is 29.4 Å². The molecule has 0 aromatic heterocycles. The first-order valence-electron chi connectivity index (χ1n) is 6.98.